The Kier molecular flexibility index (Phi) is 5.65. The molecule has 1 fully saturated rings. The summed E-state index contributed by atoms with van der Waals surface area (Å²) >= 11 is 0. The Morgan fingerprint density at radius 3 is 2.71 bits per heavy atom. The number of morpholine rings is 1. The van der Waals surface area contributed by atoms with Crippen LogP contribution in [0, 0.1) is 0 Å². The molecule has 0 radical (unpaired) electrons. The van der Waals surface area contributed by atoms with Gasteiger partial charge in [0.2, 0.25) is 11.9 Å². The third-order valence-corrected chi connectivity index (χ3v) is 5.83. The van der Waals surface area contributed by atoms with Gasteiger partial charge in [0.25, 0.3) is 0 Å². The summed E-state index contributed by atoms with van der Waals surface area (Å²) in [6.45, 7) is 10.5. The summed E-state index contributed by atoms with van der Waals surface area (Å²) in [5.74, 6) is 1.28. The van der Waals surface area contributed by atoms with Crippen LogP contribution in [0.3, 0.4) is 0 Å². The van der Waals surface area contributed by atoms with E-state index in [1.807, 2.05) is 25.7 Å². The lowest BCUT2D eigenvalue weighted by Gasteiger charge is -2.36. The molecule has 0 saturated carbocycles. The smallest absolute Gasteiger partial charge is 0.331 e. The Hall–Kier alpha value is -3.01. The Morgan fingerprint density at radius 1 is 1.29 bits per heavy atom. The van der Waals surface area contributed by atoms with Gasteiger partial charge in [-0.05, 0) is 34.1 Å². The van der Waals surface area contributed by atoms with Crippen molar-refractivity contribution >= 4 is 23.7 Å². The molecule has 0 aromatic carbocycles. The fourth-order valence-corrected chi connectivity index (χ4v) is 4.06. The SMILES string of the molecule is CCOC(=O)C(C)(C)N1CCc2c(-c3cnc(N)nc3)nc(N3CCOCC3C)nc21. The molecule has 1 unspecified atom stereocenters. The van der Waals surface area contributed by atoms with E-state index in [-0.39, 0.29) is 18.0 Å². The van der Waals surface area contributed by atoms with Gasteiger partial charge in [-0.3, -0.25) is 0 Å². The van der Waals surface area contributed by atoms with Crippen molar-refractivity contribution in [3.63, 3.8) is 0 Å². The molecule has 1 saturated heterocycles. The highest BCUT2D eigenvalue weighted by Gasteiger charge is 2.42. The molecule has 0 spiro atoms. The number of hydrogen-bond donors (Lipinski definition) is 1. The predicted octanol–water partition coefficient (Wildman–Crippen LogP) is 1.45. The van der Waals surface area contributed by atoms with E-state index in [4.69, 9.17) is 25.2 Å². The Bertz CT molecular complexity index is 964. The van der Waals surface area contributed by atoms with Crippen molar-refractivity contribution in [2.24, 2.45) is 0 Å². The number of carbonyl (C=O) groups excluding carboxylic acids is 1. The van der Waals surface area contributed by atoms with Crippen LogP contribution in [0.15, 0.2) is 12.4 Å². The van der Waals surface area contributed by atoms with Gasteiger partial charge in [-0.25, -0.2) is 19.7 Å². The average Bonchev–Trinajstić information content (AvgIpc) is 3.19. The standard InChI is InChI=1S/C21H29N7O3/c1-5-31-18(29)21(3,4)28-7-6-15-16(14-10-23-19(22)24-11-14)25-20(26-17(15)28)27-8-9-30-12-13(27)2/h10-11,13H,5-9,12H2,1-4H3,(H2,22,23,24). The molecule has 166 valence electrons. The lowest BCUT2D eigenvalue weighted by Crippen LogP contribution is -2.51. The third-order valence-electron chi connectivity index (χ3n) is 5.83. The maximum atomic E-state index is 12.7. The van der Waals surface area contributed by atoms with Gasteiger partial charge in [0, 0.05) is 36.6 Å². The van der Waals surface area contributed by atoms with Crippen molar-refractivity contribution in [1.29, 1.82) is 0 Å². The molecule has 0 amide bonds. The first-order valence-corrected chi connectivity index (χ1v) is 10.6. The number of nitrogens with two attached hydrogens (primary N) is 1. The molecule has 4 heterocycles. The second-order valence-electron chi connectivity index (χ2n) is 8.30. The summed E-state index contributed by atoms with van der Waals surface area (Å²) in [6.07, 6.45) is 4.06. The van der Waals surface area contributed by atoms with Gasteiger partial charge in [0.05, 0.1) is 31.6 Å². The normalized spacial score (nSPS) is 18.8. The zero-order valence-electron chi connectivity index (χ0n) is 18.5. The second kappa shape index (κ2) is 8.26. The predicted molar refractivity (Wildman–Crippen MR) is 117 cm³/mol. The molecule has 2 aromatic heterocycles. The highest BCUT2D eigenvalue weighted by atomic mass is 16.5. The minimum Gasteiger partial charge on any atom is -0.464 e. The Labute approximate surface area is 181 Å². The number of hydrogen-bond acceptors (Lipinski definition) is 10. The fourth-order valence-electron chi connectivity index (χ4n) is 4.06. The second-order valence-corrected chi connectivity index (χ2v) is 8.30. The number of esters is 1. The molecule has 4 rings (SSSR count). The molecular weight excluding hydrogens is 398 g/mol. The number of rotatable bonds is 5. The van der Waals surface area contributed by atoms with E-state index in [9.17, 15) is 4.79 Å². The molecule has 1 atom stereocenters. The number of fused-ring (bicyclic) bond motifs is 1. The molecule has 2 aromatic rings. The van der Waals surface area contributed by atoms with Crippen LogP contribution in [0.4, 0.5) is 17.7 Å². The minimum atomic E-state index is -0.863. The highest BCUT2D eigenvalue weighted by Crippen LogP contribution is 2.39. The van der Waals surface area contributed by atoms with Gasteiger partial charge in [0.1, 0.15) is 11.4 Å². The molecule has 0 bridgehead atoms. The number of nitrogens with zero attached hydrogens (tertiary/aromatic N) is 6. The van der Waals surface area contributed by atoms with Gasteiger partial charge in [0.15, 0.2) is 0 Å². The topological polar surface area (TPSA) is 120 Å². The fraction of sp³-hybridized carbons (Fsp3) is 0.571. The summed E-state index contributed by atoms with van der Waals surface area (Å²) in [5, 5.41) is 0. The third kappa shape index (κ3) is 3.87. The summed E-state index contributed by atoms with van der Waals surface area (Å²) in [4.78, 5) is 35.0. The van der Waals surface area contributed by atoms with Crippen LogP contribution >= 0.6 is 0 Å². The van der Waals surface area contributed by atoms with Gasteiger partial charge in [-0.1, -0.05) is 0 Å². The van der Waals surface area contributed by atoms with E-state index in [1.165, 1.54) is 0 Å². The van der Waals surface area contributed by atoms with Crippen molar-refractivity contribution in [3.05, 3.63) is 18.0 Å². The first-order chi connectivity index (χ1) is 14.8. The summed E-state index contributed by atoms with van der Waals surface area (Å²) in [7, 11) is 0. The van der Waals surface area contributed by atoms with Crippen LogP contribution in [0.1, 0.15) is 33.3 Å². The van der Waals surface area contributed by atoms with Crippen molar-refractivity contribution in [2.45, 2.75) is 45.7 Å². The highest BCUT2D eigenvalue weighted by molar-refractivity contribution is 5.86. The maximum absolute atomic E-state index is 12.7. The van der Waals surface area contributed by atoms with Crippen molar-refractivity contribution in [1.82, 2.24) is 19.9 Å². The van der Waals surface area contributed by atoms with Gasteiger partial charge in [-0.2, -0.15) is 4.98 Å². The molecule has 10 nitrogen and oxygen atoms in total. The van der Waals surface area contributed by atoms with Crippen molar-refractivity contribution < 1.29 is 14.3 Å². The largest absolute Gasteiger partial charge is 0.464 e. The quantitative estimate of drug-likeness (QED) is 0.702. The lowest BCUT2D eigenvalue weighted by atomic mass is 10.0. The van der Waals surface area contributed by atoms with Gasteiger partial charge < -0.3 is 25.0 Å². The average molecular weight is 428 g/mol. The van der Waals surface area contributed by atoms with E-state index in [1.54, 1.807) is 12.4 Å². The van der Waals surface area contributed by atoms with E-state index in [2.05, 4.69) is 21.8 Å². The zero-order valence-corrected chi connectivity index (χ0v) is 18.5. The Balaban J connectivity index is 1.84. The summed E-state index contributed by atoms with van der Waals surface area (Å²) < 4.78 is 10.9. The minimum absolute atomic E-state index is 0.134. The number of carbonyl (C=O) groups is 1. The van der Waals surface area contributed by atoms with Crippen LogP contribution in [0.5, 0.6) is 0 Å². The van der Waals surface area contributed by atoms with Crippen molar-refractivity contribution in [2.75, 3.05) is 48.4 Å². The first kappa shape index (κ1) is 21.2. The zero-order chi connectivity index (χ0) is 22.2. The maximum Gasteiger partial charge on any atom is 0.331 e. The number of anilines is 3. The van der Waals surface area contributed by atoms with Crippen LogP contribution < -0.4 is 15.5 Å². The molecule has 2 aliphatic heterocycles. The molecule has 2 aliphatic rings. The molecular formula is C21H29N7O3. The molecule has 10 heteroatoms. The van der Waals surface area contributed by atoms with Gasteiger partial charge in [-0.15, -0.1) is 0 Å². The van der Waals surface area contributed by atoms with Crippen LogP contribution in [-0.4, -0.2) is 70.4 Å². The summed E-state index contributed by atoms with van der Waals surface area (Å²) in [5.41, 5.74) is 7.33. The molecule has 2 N–H and O–H groups in total. The van der Waals surface area contributed by atoms with E-state index >= 15 is 0 Å². The van der Waals surface area contributed by atoms with E-state index in [0.29, 0.717) is 45.3 Å². The monoisotopic (exact) mass is 427 g/mol. The first-order valence-electron chi connectivity index (χ1n) is 10.6. The number of ether oxygens (including phenoxy) is 2. The number of aromatic nitrogens is 4. The van der Waals surface area contributed by atoms with E-state index in [0.717, 1.165) is 22.6 Å². The molecule has 0 aliphatic carbocycles. The van der Waals surface area contributed by atoms with E-state index < -0.39 is 5.54 Å². The number of nitrogen functional groups attached to an aromatic ring is 1. The van der Waals surface area contributed by atoms with Crippen LogP contribution in [0.25, 0.3) is 11.3 Å². The Morgan fingerprint density at radius 2 is 2.03 bits per heavy atom. The molecule has 31 heavy (non-hydrogen) atoms. The van der Waals surface area contributed by atoms with Crippen LogP contribution in [-0.2, 0) is 20.7 Å². The van der Waals surface area contributed by atoms with Crippen molar-refractivity contribution in [3.8, 4) is 11.3 Å². The van der Waals surface area contributed by atoms with Gasteiger partial charge >= 0.3 is 5.97 Å². The summed E-state index contributed by atoms with van der Waals surface area (Å²) in [6, 6.07) is 0.134. The lowest BCUT2D eigenvalue weighted by molar-refractivity contribution is -0.148. The van der Waals surface area contributed by atoms with Crippen LogP contribution in [0.2, 0.25) is 0 Å².